The Morgan fingerprint density at radius 3 is 1.64 bits per heavy atom. The molecule has 200 valence electrons. The van der Waals surface area contributed by atoms with Crippen molar-refractivity contribution in [3.8, 4) is 11.5 Å². The second-order valence-corrected chi connectivity index (χ2v) is 10.6. The van der Waals surface area contributed by atoms with E-state index in [1.54, 1.807) is 4.90 Å². The molecule has 6 nitrogen and oxygen atoms in total. The average molecular weight is 560 g/mol. The fraction of sp³-hybridized carbons (Fsp3) is 0.519. The van der Waals surface area contributed by atoms with Gasteiger partial charge in [0.2, 0.25) is 0 Å². The van der Waals surface area contributed by atoms with E-state index in [-0.39, 0.29) is 24.6 Å². The topological polar surface area (TPSA) is 60.0 Å². The third kappa shape index (κ3) is 11.0. The van der Waals surface area contributed by atoms with Crippen LogP contribution in [0.25, 0.3) is 0 Å². The first-order valence-electron chi connectivity index (χ1n) is 12.2. The van der Waals surface area contributed by atoms with E-state index < -0.39 is 5.60 Å². The molecule has 2 aromatic rings. The van der Waals surface area contributed by atoms with E-state index in [1.807, 2.05) is 69.3 Å². The van der Waals surface area contributed by atoms with Crippen molar-refractivity contribution in [2.45, 2.75) is 64.3 Å². The van der Waals surface area contributed by atoms with Crippen LogP contribution in [0.3, 0.4) is 0 Å². The Morgan fingerprint density at radius 1 is 0.806 bits per heavy atom. The van der Waals surface area contributed by atoms with Gasteiger partial charge in [-0.05, 0) is 95.2 Å². The highest BCUT2D eigenvalue weighted by molar-refractivity contribution is 6.30. The van der Waals surface area contributed by atoms with Gasteiger partial charge in [0.1, 0.15) is 29.3 Å². The van der Waals surface area contributed by atoms with Crippen molar-refractivity contribution in [2.75, 3.05) is 26.2 Å². The highest BCUT2D eigenvalue weighted by Crippen LogP contribution is 2.22. The molecule has 1 amide bonds. The first-order valence-corrected chi connectivity index (χ1v) is 13.0. The monoisotopic (exact) mass is 558 g/mol. The van der Waals surface area contributed by atoms with Crippen molar-refractivity contribution in [3.63, 3.8) is 0 Å². The van der Waals surface area contributed by atoms with E-state index in [0.717, 1.165) is 55.3 Å². The number of nitrogens with one attached hydrogen (secondary N) is 1. The molecule has 0 bridgehead atoms. The standard InChI is InChI=1S/C16H22ClNO3.C11H14ClNO.ClH/c1-16(2,3)21-15(19)18-10-8-14(9-11-18)20-13-6-4-12(17)5-7-13;12-9-1-3-10(4-2-9)14-11-5-7-13-8-6-11;/h4-7,14H,8-11H2,1-3H3;1-4,11,13H,5-8H2;1H. The lowest BCUT2D eigenvalue weighted by molar-refractivity contribution is 0.0126. The highest BCUT2D eigenvalue weighted by Gasteiger charge is 2.27. The number of ether oxygens (including phenoxy) is 3. The van der Waals surface area contributed by atoms with Crippen molar-refractivity contribution < 1.29 is 19.0 Å². The summed E-state index contributed by atoms with van der Waals surface area (Å²) in [7, 11) is 0. The predicted molar refractivity (Wildman–Crippen MR) is 148 cm³/mol. The van der Waals surface area contributed by atoms with Crippen LogP contribution in [-0.2, 0) is 4.74 Å². The van der Waals surface area contributed by atoms with Gasteiger partial charge >= 0.3 is 6.09 Å². The van der Waals surface area contributed by atoms with Gasteiger partial charge in [-0.1, -0.05) is 23.2 Å². The Kier molecular flexibility index (Phi) is 12.5. The molecule has 2 fully saturated rings. The summed E-state index contributed by atoms with van der Waals surface area (Å²) in [6.45, 7) is 9.06. The molecule has 0 aromatic heterocycles. The average Bonchev–Trinajstić information content (AvgIpc) is 2.83. The minimum Gasteiger partial charge on any atom is -0.490 e. The number of amides is 1. The number of rotatable bonds is 4. The van der Waals surface area contributed by atoms with Gasteiger partial charge < -0.3 is 24.4 Å². The molecule has 2 heterocycles. The van der Waals surface area contributed by atoms with E-state index >= 15 is 0 Å². The highest BCUT2D eigenvalue weighted by atomic mass is 35.5. The Hall–Kier alpha value is -1.86. The third-order valence-corrected chi connectivity index (χ3v) is 6.12. The maximum absolute atomic E-state index is 12.0. The Labute approximate surface area is 231 Å². The number of likely N-dealkylation sites (tertiary alicyclic amines) is 1. The molecule has 2 saturated heterocycles. The van der Waals surface area contributed by atoms with Crippen LogP contribution in [-0.4, -0.2) is 55.0 Å². The number of benzene rings is 2. The lowest BCUT2D eigenvalue weighted by Crippen LogP contribution is -2.44. The number of carbonyl (C=O) groups excluding carboxylic acids is 1. The predicted octanol–water partition coefficient (Wildman–Crippen LogP) is 7.01. The van der Waals surface area contributed by atoms with Gasteiger partial charge in [-0.15, -0.1) is 12.4 Å². The zero-order chi connectivity index (χ0) is 25.3. The van der Waals surface area contributed by atoms with Gasteiger partial charge in [-0.25, -0.2) is 4.79 Å². The van der Waals surface area contributed by atoms with E-state index in [2.05, 4.69) is 5.32 Å². The molecular formula is C27H37Cl3N2O4. The molecular weight excluding hydrogens is 523 g/mol. The molecule has 0 saturated carbocycles. The van der Waals surface area contributed by atoms with Gasteiger partial charge in [0.05, 0.1) is 0 Å². The van der Waals surface area contributed by atoms with Gasteiger partial charge in [-0.3, -0.25) is 0 Å². The van der Waals surface area contributed by atoms with Crippen molar-refractivity contribution >= 4 is 41.7 Å². The molecule has 0 unspecified atom stereocenters. The van der Waals surface area contributed by atoms with Crippen molar-refractivity contribution in [2.24, 2.45) is 0 Å². The second kappa shape index (κ2) is 14.8. The van der Waals surface area contributed by atoms with Crippen molar-refractivity contribution in [3.05, 3.63) is 58.6 Å². The summed E-state index contributed by atoms with van der Waals surface area (Å²) in [5.74, 6) is 1.73. The van der Waals surface area contributed by atoms with Crippen LogP contribution < -0.4 is 14.8 Å². The maximum Gasteiger partial charge on any atom is 0.410 e. The molecule has 4 rings (SSSR count). The van der Waals surface area contributed by atoms with Gasteiger partial charge in [0.25, 0.3) is 0 Å². The summed E-state index contributed by atoms with van der Waals surface area (Å²) >= 11 is 11.6. The van der Waals surface area contributed by atoms with Crippen molar-refractivity contribution in [1.82, 2.24) is 10.2 Å². The first kappa shape index (κ1) is 30.4. The normalized spacial score (nSPS) is 16.8. The molecule has 9 heteroatoms. The van der Waals surface area contributed by atoms with Gasteiger partial charge in [0.15, 0.2) is 0 Å². The zero-order valence-corrected chi connectivity index (χ0v) is 23.5. The summed E-state index contributed by atoms with van der Waals surface area (Å²) in [4.78, 5) is 13.7. The minimum atomic E-state index is -0.451. The fourth-order valence-corrected chi connectivity index (χ4v) is 4.06. The molecule has 2 aliphatic rings. The third-order valence-electron chi connectivity index (χ3n) is 5.61. The van der Waals surface area contributed by atoms with Crippen molar-refractivity contribution in [1.29, 1.82) is 0 Å². The number of hydrogen-bond acceptors (Lipinski definition) is 5. The first-order chi connectivity index (χ1) is 16.7. The lowest BCUT2D eigenvalue weighted by Gasteiger charge is -2.33. The zero-order valence-electron chi connectivity index (χ0n) is 21.2. The van der Waals surface area contributed by atoms with Crippen LogP contribution >= 0.6 is 35.6 Å². The number of piperidine rings is 2. The second-order valence-electron chi connectivity index (χ2n) is 9.76. The van der Waals surface area contributed by atoms with E-state index in [0.29, 0.717) is 24.2 Å². The molecule has 2 aliphatic heterocycles. The van der Waals surface area contributed by atoms with Gasteiger partial charge in [-0.2, -0.15) is 0 Å². The molecule has 36 heavy (non-hydrogen) atoms. The summed E-state index contributed by atoms with van der Waals surface area (Å²) in [5, 5.41) is 4.76. The Balaban J connectivity index is 0.000000265. The largest absolute Gasteiger partial charge is 0.490 e. The van der Waals surface area contributed by atoms with Crippen LogP contribution in [0.1, 0.15) is 46.5 Å². The minimum absolute atomic E-state index is 0. The Bertz CT molecular complexity index is 906. The van der Waals surface area contributed by atoms with Crippen LogP contribution in [0.2, 0.25) is 10.0 Å². The van der Waals surface area contributed by atoms with E-state index in [9.17, 15) is 4.79 Å². The molecule has 0 aliphatic carbocycles. The quantitative estimate of drug-likeness (QED) is 0.437. The number of nitrogens with zero attached hydrogens (tertiary/aromatic N) is 1. The molecule has 1 N–H and O–H groups in total. The molecule has 0 spiro atoms. The summed E-state index contributed by atoms with van der Waals surface area (Å²) < 4.78 is 17.1. The molecule has 2 aromatic carbocycles. The smallest absolute Gasteiger partial charge is 0.410 e. The summed E-state index contributed by atoms with van der Waals surface area (Å²) in [5.41, 5.74) is -0.451. The summed E-state index contributed by atoms with van der Waals surface area (Å²) in [6.07, 6.45) is 4.03. The number of hydrogen-bond donors (Lipinski definition) is 1. The molecule has 0 atom stereocenters. The fourth-order valence-electron chi connectivity index (χ4n) is 3.81. The lowest BCUT2D eigenvalue weighted by atomic mass is 10.1. The van der Waals surface area contributed by atoms with E-state index in [1.165, 1.54) is 0 Å². The Morgan fingerprint density at radius 2 is 1.22 bits per heavy atom. The van der Waals surface area contributed by atoms with Crippen LogP contribution in [0.5, 0.6) is 11.5 Å². The molecule has 0 radical (unpaired) electrons. The van der Waals surface area contributed by atoms with E-state index in [4.69, 9.17) is 37.4 Å². The number of carbonyl (C=O) groups is 1. The number of halogens is 3. The summed E-state index contributed by atoms with van der Waals surface area (Å²) in [6, 6.07) is 14.9. The van der Waals surface area contributed by atoms with Crippen LogP contribution in [0, 0.1) is 0 Å². The van der Waals surface area contributed by atoms with Crippen LogP contribution in [0.15, 0.2) is 48.5 Å². The van der Waals surface area contributed by atoms with Crippen LogP contribution in [0.4, 0.5) is 4.79 Å². The SMILES string of the molecule is CC(C)(C)OC(=O)N1CCC(Oc2ccc(Cl)cc2)CC1.Cl.Clc1ccc(OC2CCNCC2)cc1. The maximum atomic E-state index is 12.0. The van der Waals surface area contributed by atoms with Gasteiger partial charge in [0, 0.05) is 36.0 Å².